The molecule has 0 N–H and O–H groups in total. The number of hydrogen-bond acceptors (Lipinski definition) is 3. The zero-order valence-electron chi connectivity index (χ0n) is 11.9. The summed E-state index contributed by atoms with van der Waals surface area (Å²) in [5.74, 6) is 1.68. The van der Waals surface area contributed by atoms with Crippen molar-refractivity contribution in [1.82, 2.24) is 9.80 Å². The fourth-order valence-corrected chi connectivity index (χ4v) is 2.34. The zero-order chi connectivity index (χ0) is 13.5. The number of carbonyl (C=O) groups excluding carboxylic acids is 1. The lowest BCUT2D eigenvalue weighted by molar-refractivity contribution is -0.130. The molecule has 0 aromatic rings. The van der Waals surface area contributed by atoms with Gasteiger partial charge in [0.1, 0.15) is 0 Å². The van der Waals surface area contributed by atoms with E-state index in [9.17, 15) is 4.79 Å². The minimum atomic E-state index is 0.150. The fourth-order valence-electron chi connectivity index (χ4n) is 2.34. The van der Waals surface area contributed by atoms with Crippen molar-refractivity contribution in [2.75, 3.05) is 33.2 Å². The van der Waals surface area contributed by atoms with Gasteiger partial charge in [0.25, 0.3) is 0 Å². The summed E-state index contributed by atoms with van der Waals surface area (Å²) in [6.07, 6.45) is 2.23. The molecule has 1 rings (SSSR count). The molecule has 1 fully saturated rings. The first kappa shape index (κ1) is 15.0. The van der Waals surface area contributed by atoms with Crippen molar-refractivity contribution in [2.24, 2.45) is 11.8 Å². The van der Waals surface area contributed by atoms with Crippen molar-refractivity contribution in [1.29, 1.82) is 5.26 Å². The van der Waals surface area contributed by atoms with Crippen LogP contribution in [-0.2, 0) is 4.79 Å². The van der Waals surface area contributed by atoms with Crippen LogP contribution in [0, 0.1) is 23.2 Å². The standard InChI is InChI=1S/C14H25N3O/c1-12-5-9-17(11-13(12)2)10-6-14(18)16(3)8-4-7-15/h12-13H,4-6,8-11H2,1-3H3. The molecule has 1 aliphatic rings. The molecule has 2 atom stereocenters. The zero-order valence-corrected chi connectivity index (χ0v) is 11.9. The largest absolute Gasteiger partial charge is 0.345 e. The van der Waals surface area contributed by atoms with E-state index in [-0.39, 0.29) is 5.91 Å². The monoisotopic (exact) mass is 251 g/mol. The van der Waals surface area contributed by atoms with Crippen molar-refractivity contribution < 1.29 is 4.79 Å². The van der Waals surface area contributed by atoms with Gasteiger partial charge in [0, 0.05) is 33.1 Å². The van der Waals surface area contributed by atoms with Gasteiger partial charge in [-0.25, -0.2) is 0 Å². The topological polar surface area (TPSA) is 47.3 Å². The van der Waals surface area contributed by atoms with Crippen LogP contribution >= 0.6 is 0 Å². The third-order valence-electron chi connectivity index (χ3n) is 4.04. The Bertz CT molecular complexity index is 311. The molecule has 0 saturated carbocycles. The first-order valence-corrected chi connectivity index (χ1v) is 6.88. The maximum atomic E-state index is 11.8. The number of hydrogen-bond donors (Lipinski definition) is 0. The molecule has 0 spiro atoms. The Morgan fingerprint density at radius 1 is 1.44 bits per heavy atom. The van der Waals surface area contributed by atoms with E-state index in [1.807, 2.05) is 0 Å². The van der Waals surface area contributed by atoms with E-state index in [0.717, 1.165) is 31.5 Å². The lowest BCUT2D eigenvalue weighted by Crippen LogP contribution is -2.40. The molecule has 0 aliphatic carbocycles. The van der Waals surface area contributed by atoms with Gasteiger partial charge in [0.2, 0.25) is 5.91 Å². The number of piperidine rings is 1. The van der Waals surface area contributed by atoms with Gasteiger partial charge in [0.15, 0.2) is 0 Å². The lowest BCUT2D eigenvalue weighted by atomic mass is 9.88. The van der Waals surface area contributed by atoms with Gasteiger partial charge < -0.3 is 9.80 Å². The Balaban J connectivity index is 2.24. The SMILES string of the molecule is CC1CCN(CCC(=O)N(C)CCC#N)CC1C. The molecule has 1 aliphatic heterocycles. The minimum Gasteiger partial charge on any atom is -0.345 e. The average Bonchev–Trinajstić information content (AvgIpc) is 2.36. The normalized spacial score (nSPS) is 24.6. The van der Waals surface area contributed by atoms with E-state index in [1.165, 1.54) is 6.42 Å². The number of rotatable bonds is 5. The second kappa shape index (κ2) is 7.38. The first-order valence-electron chi connectivity index (χ1n) is 6.88. The Morgan fingerprint density at radius 3 is 2.78 bits per heavy atom. The molecule has 0 aromatic heterocycles. The summed E-state index contributed by atoms with van der Waals surface area (Å²) in [4.78, 5) is 15.9. The van der Waals surface area contributed by atoms with Crippen LogP contribution in [0.1, 0.15) is 33.1 Å². The number of carbonyl (C=O) groups is 1. The molecule has 4 nitrogen and oxygen atoms in total. The Kier molecular flexibility index (Phi) is 6.14. The number of nitriles is 1. The quantitative estimate of drug-likeness (QED) is 0.747. The van der Waals surface area contributed by atoms with Crippen LogP contribution in [0.5, 0.6) is 0 Å². The highest BCUT2D eigenvalue weighted by molar-refractivity contribution is 5.76. The van der Waals surface area contributed by atoms with E-state index in [1.54, 1.807) is 11.9 Å². The van der Waals surface area contributed by atoms with Gasteiger partial charge in [-0.15, -0.1) is 0 Å². The van der Waals surface area contributed by atoms with Crippen molar-refractivity contribution in [2.45, 2.75) is 33.1 Å². The van der Waals surface area contributed by atoms with Gasteiger partial charge in [-0.05, 0) is 24.8 Å². The fraction of sp³-hybridized carbons (Fsp3) is 0.857. The molecular formula is C14H25N3O. The lowest BCUT2D eigenvalue weighted by Gasteiger charge is -2.35. The van der Waals surface area contributed by atoms with Crippen LogP contribution in [0.2, 0.25) is 0 Å². The number of nitrogens with zero attached hydrogens (tertiary/aromatic N) is 3. The van der Waals surface area contributed by atoms with Gasteiger partial charge in [-0.3, -0.25) is 4.79 Å². The third-order valence-corrected chi connectivity index (χ3v) is 4.04. The summed E-state index contributed by atoms with van der Waals surface area (Å²) in [7, 11) is 1.78. The predicted molar refractivity (Wildman–Crippen MR) is 71.9 cm³/mol. The molecular weight excluding hydrogens is 226 g/mol. The van der Waals surface area contributed by atoms with E-state index in [0.29, 0.717) is 19.4 Å². The van der Waals surface area contributed by atoms with Crippen LogP contribution in [0.3, 0.4) is 0 Å². The molecule has 0 radical (unpaired) electrons. The molecule has 0 aromatic carbocycles. The van der Waals surface area contributed by atoms with E-state index >= 15 is 0 Å². The smallest absolute Gasteiger partial charge is 0.223 e. The highest BCUT2D eigenvalue weighted by atomic mass is 16.2. The van der Waals surface area contributed by atoms with E-state index in [2.05, 4.69) is 24.8 Å². The molecule has 1 heterocycles. The van der Waals surface area contributed by atoms with Crippen LogP contribution in [0.15, 0.2) is 0 Å². The third kappa shape index (κ3) is 4.66. The Hall–Kier alpha value is -1.08. The van der Waals surface area contributed by atoms with Gasteiger partial charge in [-0.1, -0.05) is 13.8 Å². The summed E-state index contributed by atoms with van der Waals surface area (Å²) in [5.41, 5.74) is 0. The van der Waals surface area contributed by atoms with E-state index < -0.39 is 0 Å². The molecule has 102 valence electrons. The summed E-state index contributed by atoms with van der Waals surface area (Å²) >= 11 is 0. The number of likely N-dealkylation sites (tertiary alicyclic amines) is 1. The average molecular weight is 251 g/mol. The predicted octanol–water partition coefficient (Wildman–Crippen LogP) is 1.73. The second-order valence-corrected chi connectivity index (χ2v) is 5.52. The summed E-state index contributed by atoms with van der Waals surface area (Å²) in [5, 5.41) is 8.49. The Labute approximate surface area is 111 Å². The van der Waals surface area contributed by atoms with Crippen molar-refractivity contribution in [3.8, 4) is 6.07 Å². The van der Waals surface area contributed by atoms with E-state index in [4.69, 9.17) is 5.26 Å². The van der Waals surface area contributed by atoms with Crippen molar-refractivity contribution >= 4 is 5.91 Å². The minimum absolute atomic E-state index is 0.150. The number of amides is 1. The molecule has 4 heteroatoms. The maximum absolute atomic E-state index is 11.8. The highest BCUT2D eigenvalue weighted by Gasteiger charge is 2.22. The maximum Gasteiger partial charge on any atom is 0.223 e. The summed E-state index contributed by atoms with van der Waals surface area (Å²) in [6.45, 7) is 8.22. The molecule has 1 saturated heterocycles. The van der Waals surface area contributed by atoms with Crippen molar-refractivity contribution in [3.05, 3.63) is 0 Å². The van der Waals surface area contributed by atoms with Crippen LogP contribution in [0.4, 0.5) is 0 Å². The Morgan fingerprint density at radius 2 is 2.17 bits per heavy atom. The molecule has 1 amide bonds. The van der Waals surface area contributed by atoms with Crippen LogP contribution < -0.4 is 0 Å². The second-order valence-electron chi connectivity index (χ2n) is 5.52. The molecule has 18 heavy (non-hydrogen) atoms. The van der Waals surface area contributed by atoms with Gasteiger partial charge in [0.05, 0.1) is 12.5 Å². The van der Waals surface area contributed by atoms with Crippen molar-refractivity contribution in [3.63, 3.8) is 0 Å². The van der Waals surface area contributed by atoms with Crippen LogP contribution in [0.25, 0.3) is 0 Å². The highest BCUT2D eigenvalue weighted by Crippen LogP contribution is 2.22. The molecule has 2 unspecified atom stereocenters. The van der Waals surface area contributed by atoms with Gasteiger partial charge in [-0.2, -0.15) is 5.26 Å². The first-order chi connectivity index (χ1) is 8.54. The van der Waals surface area contributed by atoms with Gasteiger partial charge >= 0.3 is 0 Å². The van der Waals surface area contributed by atoms with Crippen LogP contribution in [-0.4, -0.2) is 48.9 Å². The summed E-state index contributed by atoms with van der Waals surface area (Å²) < 4.78 is 0. The molecule has 0 bridgehead atoms. The summed E-state index contributed by atoms with van der Waals surface area (Å²) in [6, 6.07) is 2.07.